The number of ether oxygens (including phenoxy) is 4. The first kappa shape index (κ1) is 18.1. The Kier molecular flexibility index (Phi) is 5.18. The lowest BCUT2D eigenvalue weighted by Gasteiger charge is -2.11. The number of anilines is 1. The Morgan fingerprint density at radius 2 is 1.89 bits per heavy atom. The number of nitriles is 1. The first-order valence-corrected chi connectivity index (χ1v) is 8.11. The van der Waals surface area contributed by atoms with Crippen molar-refractivity contribution in [1.29, 1.82) is 5.26 Å². The minimum atomic E-state index is -0.544. The monoisotopic (exact) mass is 366 g/mol. The third kappa shape index (κ3) is 3.80. The summed E-state index contributed by atoms with van der Waals surface area (Å²) in [4.78, 5) is 12.5. The van der Waals surface area contributed by atoms with Gasteiger partial charge >= 0.3 is 0 Å². The van der Waals surface area contributed by atoms with Gasteiger partial charge in [-0.3, -0.25) is 4.79 Å². The van der Waals surface area contributed by atoms with Crippen molar-refractivity contribution in [2.75, 3.05) is 26.3 Å². The van der Waals surface area contributed by atoms with E-state index in [2.05, 4.69) is 5.32 Å². The van der Waals surface area contributed by atoms with E-state index in [-0.39, 0.29) is 12.4 Å². The van der Waals surface area contributed by atoms with Crippen LogP contribution in [0.1, 0.15) is 11.1 Å². The minimum Gasteiger partial charge on any atom is -0.496 e. The van der Waals surface area contributed by atoms with E-state index in [1.54, 1.807) is 37.4 Å². The predicted molar refractivity (Wildman–Crippen MR) is 99.1 cm³/mol. The molecule has 138 valence electrons. The van der Waals surface area contributed by atoms with Gasteiger partial charge in [-0.25, -0.2) is 0 Å². The normalized spacial score (nSPS) is 12.3. The van der Waals surface area contributed by atoms with Crippen molar-refractivity contribution in [3.63, 3.8) is 0 Å². The van der Waals surface area contributed by atoms with E-state index in [0.29, 0.717) is 34.2 Å². The molecule has 1 heterocycles. The molecular weight excluding hydrogens is 348 g/mol. The zero-order valence-electron chi connectivity index (χ0n) is 15.2. The topological polar surface area (TPSA) is 89.8 Å². The number of benzene rings is 2. The van der Waals surface area contributed by atoms with Gasteiger partial charge in [-0.05, 0) is 42.8 Å². The molecule has 7 nitrogen and oxygen atoms in total. The summed E-state index contributed by atoms with van der Waals surface area (Å²) < 4.78 is 21.2. The summed E-state index contributed by atoms with van der Waals surface area (Å²) in [5.41, 5.74) is 1.88. The van der Waals surface area contributed by atoms with Gasteiger partial charge in [0.2, 0.25) is 6.79 Å². The average molecular weight is 366 g/mol. The number of amides is 1. The molecule has 2 aromatic rings. The fraction of sp³-hybridized carbons (Fsp3) is 0.200. The summed E-state index contributed by atoms with van der Waals surface area (Å²) in [6.45, 7) is 2.03. The Balaban J connectivity index is 1.88. The third-order valence-electron chi connectivity index (χ3n) is 4.04. The Morgan fingerprint density at radius 3 is 2.59 bits per heavy atom. The van der Waals surface area contributed by atoms with Crippen LogP contribution in [-0.4, -0.2) is 26.9 Å². The SMILES string of the molecule is COc1cc(/C=C(\C#N)C(=O)Nc2ccc3c(c2)OCO3)c(OC)cc1C. The molecule has 1 N–H and O–H groups in total. The second-order valence-corrected chi connectivity index (χ2v) is 5.76. The van der Waals surface area contributed by atoms with Crippen LogP contribution in [0.3, 0.4) is 0 Å². The molecule has 7 heteroatoms. The molecule has 1 amide bonds. The van der Waals surface area contributed by atoms with E-state index in [1.807, 2.05) is 13.0 Å². The van der Waals surface area contributed by atoms with Crippen LogP contribution in [0.25, 0.3) is 6.08 Å². The Hall–Kier alpha value is -3.66. The van der Waals surface area contributed by atoms with Crippen molar-refractivity contribution < 1.29 is 23.7 Å². The number of methoxy groups -OCH3 is 2. The molecular formula is C20H18N2O5. The van der Waals surface area contributed by atoms with E-state index < -0.39 is 5.91 Å². The van der Waals surface area contributed by atoms with Crippen molar-refractivity contribution in [3.05, 3.63) is 47.0 Å². The minimum absolute atomic E-state index is 0.0723. The van der Waals surface area contributed by atoms with Crippen LogP contribution >= 0.6 is 0 Å². The lowest BCUT2D eigenvalue weighted by Crippen LogP contribution is -2.13. The van der Waals surface area contributed by atoms with Gasteiger partial charge in [0.05, 0.1) is 14.2 Å². The molecule has 0 aliphatic carbocycles. The van der Waals surface area contributed by atoms with Crippen molar-refractivity contribution in [2.45, 2.75) is 6.92 Å². The number of rotatable bonds is 5. The summed E-state index contributed by atoms with van der Waals surface area (Å²) >= 11 is 0. The summed E-state index contributed by atoms with van der Waals surface area (Å²) in [7, 11) is 3.08. The number of fused-ring (bicyclic) bond motifs is 1. The molecule has 0 unspecified atom stereocenters. The van der Waals surface area contributed by atoms with E-state index in [1.165, 1.54) is 13.2 Å². The number of carbonyl (C=O) groups excluding carboxylic acids is 1. The molecule has 0 saturated carbocycles. The van der Waals surface area contributed by atoms with Crippen LogP contribution in [-0.2, 0) is 4.79 Å². The highest BCUT2D eigenvalue weighted by molar-refractivity contribution is 6.10. The number of aryl methyl sites for hydroxylation is 1. The van der Waals surface area contributed by atoms with Crippen molar-refractivity contribution in [2.24, 2.45) is 0 Å². The molecule has 0 radical (unpaired) electrons. The van der Waals surface area contributed by atoms with E-state index >= 15 is 0 Å². The fourth-order valence-electron chi connectivity index (χ4n) is 2.66. The van der Waals surface area contributed by atoms with Crippen LogP contribution in [0.5, 0.6) is 23.0 Å². The number of nitrogens with zero attached hydrogens (tertiary/aromatic N) is 1. The third-order valence-corrected chi connectivity index (χ3v) is 4.04. The van der Waals surface area contributed by atoms with Crippen molar-refractivity contribution >= 4 is 17.7 Å². The van der Waals surface area contributed by atoms with Crippen LogP contribution < -0.4 is 24.3 Å². The summed E-state index contributed by atoms with van der Waals surface area (Å²) in [6.07, 6.45) is 1.46. The molecule has 0 bridgehead atoms. The number of carbonyl (C=O) groups is 1. The van der Waals surface area contributed by atoms with Crippen molar-refractivity contribution in [1.82, 2.24) is 0 Å². The molecule has 27 heavy (non-hydrogen) atoms. The highest BCUT2D eigenvalue weighted by Crippen LogP contribution is 2.34. The number of nitrogens with one attached hydrogen (secondary N) is 1. The van der Waals surface area contributed by atoms with E-state index in [0.717, 1.165) is 5.56 Å². The number of hydrogen-bond acceptors (Lipinski definition) is 6. The van der Waals surface area contributed by atoms with Crippen LogP contribution in [0.15, 0.2) is 35.9 Å². The lowest BCUT2D eigenvalue weighted by atomic mass is 10.1. The second-order valence-electron chi connectivity index (χ2n) is 5.76. The maximum absolute atomic E-state index is 12.5. The summed E-state index contributed by atoms with van der Waals surface area (Å²) in [6, 6.07) is 10.4. The predicted octanol–water partition coefficient (Wildman–Crippen LogP) is 3.29. The molecule has 0 atom stereocenters. The smallest absolute Gasteiger partial charge is 0.266 e. The molecule has 1 aliphatic heterocycles. The Morgan fingerprint density at radius 1 is 1.15 bits per heavy atom. The summed E-state index contributed by atoms with van der Waals surface area (Å²) in [5.74, 6) is 1.78. The van der Waals surface area contributed by atoms with Gasteiger partial charge in [0.25, 0.3) is 5.91 Å². The molecule has 0 fully saturated rings. The maximum atomic E-state index is 12.5. The largest absolute Gasteiger partial charge is 0.496 e. The Bertz CT molecular complexity index is 960. The standard InChI is InChI=1S/C20H18N2O5/c1-12-6-18(25-3)13(8-17(12)24-2)7-14(10-21)20(23)22-15-4-5-16-19(9-15)27-11-26-16/h4-9H,11H2,1-3H3,(H,22,23)/b14-7+. The maximum Gasteiger partial charge on any atom is 0.266 e. The van der Waals surface area contributed by atoms with Crippen LogP contribution in [0, 0.1) is 18.3 Å². The van der Waals surface area contributed by atoms with Gasteiger partial charge in [0, 0.05) is 17.3 Å². The summed E-state index contributed by atoms with van der Waals surface area (Å²) in [5, 5.41) is 12.1. The van der Waals surface area contributed by atoms with Crippen molar-refractivity contribution in [3.8, 4) is 29.1 Å². The van der Waals surface area contributed by atoms with Gasteiger partial charge in [-0.1, -0.05) is 0 Å². The molecule has 3 rings (SSSR count). The van der Waals surface area contributed by atoms with Gasteiger partial charge < -0.3 is 24.3 Å². The molecule has 2 aromatic carbocycles. The van der Waals surface area contributed by atoms with Gasteiger partial charge in [0.15, 0.2) is 11.5 Å². The van der Waals surface area contributed by atoms with E-state index in [4.69, 9.17) is 18.9 Å². The van der Waals surface area contributed by atoms with Gasteiger partial charge in [-0.2, -0.15) is 5.26 Å². The van der Waals surface area contributed by atoms with Crippen LogP contribution in [0.4, 0.5) is 5.69 Å². The average Bonchev–Trinajstić information content (AvgIpc) is 3.14. The van der Waals surface area contributed by atoms with Gasteiger partial charge in [0.1, 0.15) is 23.1 Å². The fourth-order valence-corrected chi connectivity index (χ4v) is 2.66. The van der Waals surface area contributed by atoms with E-state index in [9.17, 15) is 10.1 Å². The first-order chi connectivity index (χ1) is 13.0. The number of hydrogen-bond donors (Lipinski definition) is 1. The molecule has 0 aromatic heterocycles. The molecule has 1 aliphatic rings. The van der Waals surface area contributed by atoms with Crippen LogP contribution in [0.2, 0.25) is 0 Å². The highest BCUT2D eigenvalue weighted by atomic mass is 16.7. The quantitative estimate of drug-likeness (QED) is 0.645. The highest BCUT2D eigenvalue weighted by Gasteiger charge is 2.16. The lowest BCUT2D eigenvalue weighted by molar-refractivity contribution is -0.112. The molecule has 0 spiro atoms. The Labute approximate surface area is 156 Å². The first-order valence-electron chi connectivity index (χ1n) is 8.11. The second kappa shape index (κ2) is 7.70. The molecule has 0 saturated heterocycles. The van der Waals surface area contributed by atoms with Gasteiger partial charge in [-0.15, -0.1) is 0 Å². The zero-order chi connectivity index (χ0) is 19.4. The zero-order valence-corrected chi connectivity index (χ0v) is 15.2.